The molecule has 0 aliphatic heterocycles. The summed E-state index contributed by atoms with van der Waals surface area (Å²) in [6.45, 7) is -0.216. The van der Waals surface area contributed by atoms with Gasteiger partial charge >= 0.3 is 72.8 Å². The van der Waals surface area contributed by atoms with E-state index in [2.05, 4.69) is 14.0 Å². The molecular formula is C7H11N3Na2O10P2. The molecule has 1 aromatic heterocycles. The summed E-state index contributed by atoms with van der Waals surface area (Å²) in [6.07, 6.45) is -0.736. The quantitative estimate of drug-likeness (QED) is 0.180. The van der Waals surface area contributed by atoms with Gasteiger partial charge in [-0.15, -0.1) is 0 Å². The first-order valence-electron chi connectivity index (χ1n) is 5.46. The van der Waals surface area contributed by atoms with Crippen LogP contribution in [0.2, 0.25) is 0 Å². The van der Waals surface area contributed by atoms with Gasteiger partial charge in [-0.2, -0.15) is 0 Å². The summed E-state index contributed by atoms with van der Waals surface area (Å²) in [5, 5.41) is 10.8. The number of hydrogen-bond donors (Lipinski definition) is 2. The minimum atomic E-state index is -5.41. The topological polar surface area (TPSA) is 200 Å². The summed E-state index contributed by atoms with van der Waals surface area (Å²) >= 11 is 0. The zero-order valence-corrected chi connectivity index (χ0v) is 18.8. The first kappa shape index (κ1) is 27.1. The van der Waals surface area contributed by atoms with Crippen molar-refractivity contribution >= 4 is 21.5 Å². The Bertz CT molecular complexity index is 642. The van der Waals surface area contributed by atoms with Crippen LogP contribution in [-0.4, -0.2) is 37.0 Å². The fraction of sp³-hybridized carbons (Fsp3) is 0.571. The number of aryl methyl sites for hydroxylation is 1. The number of phosphoric acid groups is 2. The summed E-state index contributed by atoms with van der Waals surface area (Å²) in [6, 6.07) is 0. The van der Waals surface area contributed by atoms with E-state index in [1.165, 1.54) is 6.92 Å². The fourth-order valence-electron chi connectivity index (χ4n) is 1.52. The maximum Gasteiger partial charge on any atom is 1.00 e. The molecule has 1 atom stereocenters. The molecule has 0 saturated heterocycles. The monoisotopic (exact) mass is 405 g/mol. The van der Waals surface area contributed by atoms with Gasteiger partial charge in [-0.05, 0) is 4.92 Å². The molecule has 0 saturated carbocycles. The van der Waals surface area contributed by atoms with Gasteiger partial charge in [-0.25, -0.2) is 14.1 Å². The molecular weight excluding hydrogens is 394 g/mol. The molecule has 2 N–H and O–H groups in total. The summed E-state index contributed by atoms with van der Waals surface area (Å²) in [5.41, 5.74) is 0. The molecule has 1 aromatic rings. The third kappa shape index (κ3) is 10.1. The van der Waals surface area contributed by atoms with E-state index in [9.17, 15) is 29.0 Å². The van der Waals surface area contributed by atoms with Gasteiger partial charge in [-0.3, -0.25) is 4.52 Å². The van der Waals surface area contributed by atoms with Crippen molar-refractivity contribution in [3.63, 3.8) is 0 Å². The third-order valence-electron chi connectivity index (χ3n) is 2.31. The van der Waals surface area contributed by atoms with Crippen molar-refractivity contribution in [3.8, 4) is 0 Å². The molecule has 0 aromatic carbocycles. The van der Waals surface area contributed by atoms with Crippen LogP contribution < -0.4 is 68.9 Å². The van der Waals surface area contributed by atoms with Crippen molar-refractivity contribution < 1.29 is 102 Å². The van der Waals surface area contributed by atoms with E-state index in [1.807, 2.05) is 0 Å². The molecule has 126 valence electrons. The Kier molecular flexibility index (Phi) is 12.2. The summed E-state index contributed by atoms with van der Waals surface area (Å²) in [5.74, 6) is -0.400. The van der Waals surface area contributed by atoms with E-state index >= 15 is 0 Å². The van der Waals surface area contributed by atoms with E-state index in [-0.39, 0.29) is 64.9 Å². The Hall–Kier alpha value is 0.830. The average molecular weight is 405 g/mol. The van der Waals surface area contributed by atoms with Crippen LogP contribution in [0.5, 0.6) is 0 Å². The largest absolute Gasteiger partial charge is 1.00 e. The molecule has 0 spiro atoms. The van der Waals surface area contributed by atoms with Crippen molar-refractivity contribution in [2.24, 2.45) is 0 Å². The van der Waals surface area contributed by atoms with Crippen molar-refractivity contribution in [1.29, 1.82) is 0 Å². The molecule has 0 amide bonds. The number of hydrogen-bond acceptors (Lipinski definition) is 9. The molecule has 24 heavy (non-hydrogen) atoms. The van der Waals surface area contributed by atoms with E-state index < -0.39 is 45.6 Å². The number of rotatable bonds is 8. The van der Waals surface area contributed by atoms with Crippen LogP contribution in [0.4, 0.5) is 5.82 Å². The van der Waals surface area contributed by atoms with E-state index in [0.29, 0.717) is 0 Å². The Labute approximate surface area is 180 Å². The predicted octanol–water partition coefficient (Wildman–Crippen LogP) is -7.57. The van der Waals surface area contributed by atoms with Crippen LogP contribution in [-0.2, 0) is 24.7 Å². The van der Waals surface area contributed by atoms with Crippen LogP contribution in [0.1, 0.15) is 5.82 Å². The minimum absolute atomic E-state index is 0. The molecule has 0 unspecified atom stereocenters. The van der Waals surface area contributed by atoms with Crippen molar-refractivity contribution in [2.75, 3.05) is 6.61 Å². The smallest absolute Gasteiger partial charge is 0.790 e. The first-order valence-corrected chi connectivity index (χ1v) is 8.45. The Morgan fingerprint density at radius 3 is 2.33 bits per heavy atom. The standard InChI is InChI=1S/C7H13N3O10P2.2Na/c1-5-8-2-7(10(11)12)9(5)3-6(20-22(16,17)18)4-19-21(13,14)15;;/h2,6H,3-4H2,1H3,(H2,13,14,15)(H2,16,17,18);;/q;2*+1/p-2/t6-;;/m0../s1. The zero-order chi connectivity index (χ0) is 17.1. The van der Waals surface area contributed by atoms with E-state index in [1.54, 1.807) is 0 Å². The van der Waals surface area contributed by atoms with Crippen LogP contribution >= 0.6 is 15.6 Å². The Balaban J connectivity index is 0. The second-order valence-electron chi connectivity index (χ2n) is 3.99. The minimum Gasteiger partial charge on any atom is -0.790 e. The molecule has 17 heteroatoms. The van der Waals surface area contributed by atoms with Crippen LogP contribution in [0.15, 0.2) is 6.20 Å². The third-order valence-corrected chi connectivity index (χ3v) is 3.35. The predicted molar refractivity (Wildman–Crippen MR) is 64.1 cm³/mol. The second kappa shape index (κ2) is 10.9. The second-order valence-corrected chi connectivity index (χ2v) is 6.34. The van der Waals surface area contributed by atoms with Gasteiger partial charge in [-0.1, -0.05) is 0 Å². The van der Waals surface area contributed by atoms with Crippen molar-refractivity contribution in [3.05, 3.63) is 22.1 Å². The molecule has 0 radical (unpaired) electrons. The summed E-state index contributed by atoms with van der Waals surface area (Å²) in [7, 11) is -10.5. The SMILES string of the molecule is Cc1ncc([N+](=O)[O-])n1C[C@@H](COP(=O)([O-])[O-])OP(=O)(O)O.[Na+].[Na+]. The number of aromatic nitrogens is 2. The first-order chi connectivity index (χ1) is 9.89. The number of nitrogens with zero attached hydrogens (tertiary/aromatic N) is 3. The van der Waals surface area contributed by atoms with Gasteiger partial charge in [0.1, 0.15) is 18.8 Å². The van der Waals surface area contributed by atoms with E-state index in [0.717, 1.165) is 10.8 Å². The molecule has 1 heterocycles. The number of phosphoric ester groups is 2. The van der Waals surface area contributed by atoms with Gasteiger partial charge in [0.05, 0.1) is 14.4 Å². The Morgan fingerprint density at radius 1 is 1.38 bits per heavy atom. The summed E-state index contributed by atoms with van der Waals surface area (Å²) < 4.78 is 30.3. The molecule has 1 rings (SSSR count). The molecule has 13 nitrogen and oxygen atoms in total. The molecule has 0 bridgehead atoms. The van der Waals surface area contributed by atoms with Crippen molar-refractivity contribution in [1.82, 2.24) is 9.55 Å². The molecule has 0 aliphatic carbocycles. The van der Waals surface area contributed by atoms with Crippen LogP contribution in [0.3, 0.4) is 0 Å². The number of nitro groups is 1. The Morgan fingerprint density at radius 2 is 1.92 bits per heavy atom. The van der Waals surface area contributed by atoms with Gasteiger partial charge < -0.3 is 38.8 Å². The fourth-order valence-corrected chi connectivity index (χ4v) is 2.38. The van der Waals surface area contributed by atoms with Gasteiger partial charge in [0.25, 0.3) is 0 Å². The maximum atomic E-state index is 10.8. The van der Waals surface area contributed by atoms with E-state index in [4.69, 9.17) is 9.79 Å². The van der Waals surface area contributed by atoms with Gasteiger partial charge in [0.2, 0.25) is 0 Å². The average Bonchev–Trinajstić information content (AvgIpc) is 2.65. The normalized spacial score (nSPS) is 12.9. The summed E-state index contributed by atoms with van der Waals surface area (Å²) in [4.78, 5) is 52.0. The van der Waals surface area contributed by atoms with Crippen LogP contribution in [0, 0.1) is 17.0 Å². The van der Waals surface area contributed by atoms with Gasteiger partial charge in [0.15, 0.2) is 5.82 Å². The van der Waals surface area contributed by atoms with Crippen LogP contribution in [0.25, 0.3) is 0 Å². The molecule has 0 fully saturated rings. The van der Waals surface area contributed by atoms with Gasteiger partial charge in [0, 0.05) is 6.92 Å². The molecule has 0 aliphatic rings. The van der Waals surface area contributed by atoms with Crippen molar-refractivity contribution in [2.45, 2.75) is 19.6 Å². The number of imidazole rings is 1. The zero-order valence-electron chi connectivity index (χ0n) is 13.0. The maximum absolute atomic E-state index is 10.8.